The van der Waals surface area contributed by atoms with Crippen LogP contribution in [0, 0.1) is 23.7 Å². The second-order valence-corrected chi connectivity index (χ2v) is 15.8. The first-order chi connectivity index (χ1) is 12.6. The first-order valence-corrected chi connectivity index (χ1v) is 14.2. The average Bonchev–Trinajstić information content (AvgIpc) is 2.53. The normalized spacial score (nSPS) is 17.5. The first kappa shape index (κ1) is 27.6. The second kappa shape index (κ2) is 11.7. The van der Waals surface area contributed by atoms with Crippen molar-refractivity contribution in [3.63, 3.8) is 0 Å². The lowest BCUT2D eigenvalue weighted by Gasteiger charge is -2.42. The van der Waals surface area contributed by atoms with Gasteiger partial charge in [-0.05, 0) is 48.7 Å². The van der Waals surface area contributed by atoms with Gasteiger partial charge in [0, 0.05) is 18.5 Å². The Morgan fingerprint density at radius 2 is 1.61 bits per heavy atom. The van der Waals surface area contributed by atoms with Crippen molar-refractivity contribution in [1.82, 2.24) is 5.32 Å². The Kier molecular flexibility index (Phi) is 11.5. The third kappa shape index (κ3) is 9.40. The van der Waals surface area contributed by atoms with Crippen molar-refractivity contribution in [2.24, 2.45) is 29.4 Å². The molecule has 168 valence electrons. The maximum absolute atomic E-state index is 13.0. The molecule has 0 rings (SSSR count). The van der Waals surface area contributed by atoms with Gasteiger partial charge in [0.2, 0.25) is 5.91 Å². The molecule has 3 N–H and O–H groups in total. The lowest BCUT2D eigenvalue weighted by molar-refractivity contribution is -0.127. The van der Waals surface area contributed by atoms with Gasteiger partial charge in [-0.2, -0.15) is 0 Å². The van der Waals surface area contributed by atoms with E-state index in [1.165, 1.54) is 0 Å². The van der Waals surface area contributed by atoms with Crippen LogP contribution in [0.4, 0.5) is 0 Å². The van der Waals surface area contributed by atoms with Crippen LogP contribution in [0.15, 0.2) is 0 Å². The van der Waals surface area contributed by atoms with Crippen LogP contribution in [0.5, 0.6) is 0 Å². The van der Waals surface area contributed by atoms with Gasteiger partial charge in [-0.25, -0.2) is 0 Å². The smallest absolute Gasteiger partial charge is 0.223 e. The van der Waals surface area contributed by atoms with E-state index < -0.39 is 8.32 Å². The van der Waals surface area contributed by atoms with Gasteiger partial charge in [-0.1, -0.05) is 68.7 Å². The van der Waals surface area contributed by atoms with Crippen molar-refractivity contribution in [1.29, 1.82) is 0 Å². The fourth-order valence-electron chi connectivity index (χ4n) is 3.04. The third-order valence-corrected chi connectivity index (χ3v) is 10.9. The lowest BCUT2D eigenvalue weighted by atomic mass is 9.86. The van der Waals surface area contributed by atoms with Crippen molar-refractivity contribution in [3.8, 4) is 0 Å². The fourth-order valence-corrected chi connectivity index (χ4v) is 4.43. The predicted octanol–water partition coefficient (Wildman–Crippen LogP) is 5.57. The molecular formula is C23H50N2O2Si. The molecule has 0 aliphatic carbocycles. The molecule has 28 heavy (non-hydrogen) atoms. The molecule has 4 atom stereocenters. The molecule has 1 unspecified atom stereocenters. The Morgan fingerprint density at radius 3 is 2.00 bits per heavy atom. The van der Waals surface area contributed by atoms with Gasteiger partial charge in [-0.15, -0.1) is 0 Å². The van der Waals surface area contributed by atoms with Crippen LogP contribution in [0.2, 0.25) is 18.1 Å². The van der Waals surface area contributed by atoms with Crippen LogP contribution >= 0.6 is 0 Å². The highest BCUT2D eigenvalue weighted by Gasteiger charge is 2.41. The quantitative estimate of drug-likeness (QED) is 0.410. The molecule has 0 saturated carbocycles. The standard InChI is InChI=1S/C23H50N2O2Si/c1-12-18(6)15-25-22(26)19(17(4)5)14-21(20(24)13-16(2)3)27-28(10,11)23(7,8)9/h16-21H,12-15,24H2,1-11H3,(H,25,26)/t18?,19-,20-,21-/m0/s1. The number of nitrogens with two attached hydrogens (primary N) is 1. The Morgan fingerprint density at radius 1 is 1.07 bits per heavy atom. The van der Waals surface area contributed by atoms with Crippen LogP contribution in [-0.4, -0.2) is 32.9 Å². The van der Waals surface area contributed by atoms with Gasteiger partial charge in [0.1, 0.15) is 0 Å². The van der Waals surface area contributed by atoms with E-state index in [4.69, 9.17) is 10.2 Å². The van der Waals surface area contributed by atoms with Crippen molar-refractivity contribution in [3.05, 3.63) is 0 Å². The molecule has 0 aromatic rings. The van der Waals surface area contributed by atoms with Crippen LogP contribution < -0.4 is 11.1 Å². The number of carbonyl (C=O) groups is 1. The molecule has 0 aromatic heterocycles. The largest absolute Gasteiger partial charge is 0.412 e. The predicted molar refractivity (Wildman–Crippen MR) is 125 cm³/mol. The molecule has 0 bridgehead atoms. The van der Waals surface area contributed by atoms with Gasteiger partial charge >= 0.3 is 0 Å². The molecule has 0 heterocycles. The molecule has 4 nitrogen and oxygen atoms in total. The summed E-state index contributed by atoms with van der Waals surface area (Å²) in [7, 11) is -1.97. The lowest BCUT2D eigenvalue weighted by Crippen LogP contribution is -2.51. The summed E-state index contributed by atoms with van der Waals surface area (Å²) in [5, 5.41) is 3.29. The molecule has 0 radical (unpaired) electrons. The summed E-state index contributed by atoms with van der Waals surface area (Å²) in [6, 6.07) is -0.0438. The molecular weight excluding hydrogens is 364 g/mol. The van der Waals surface area contributed by atoms with E-state index >= 15 is 0 Å². The molecule has 0 aromatic carbocycles. The van der Waals surface area contributed by atoms with E-state index in [1.807, 2.05) is 0 Å². The van der Waals surface area contributed by atoms with Crippen molar-refractivity contribution in [2.75, 3.05) is 6.54 Å². The van der Waals surface area contributed by atoms with E-state index in [0.29, 0.717) is 18.3 Å². The zero-order chi connectivity index (χ0) is 22.3. The molecule has 0 aliphatic heterocycles. The number of nitrogens with one attached hydrogen (secondary N) is 1. The Labute approximate surface area is 176 Å². The summed E-state index contributed by atoms with van der Waals surface area (Å²) in [5.41, 5.74) is 6.63. The fraction of sp³-hybridized carbons (Fsp3) is 0.957. The summed E-state index contributed by atoms with van der Waals surface area (Å²) >= 11 is 0. The molecule has 1 amide bonds. The maximum atomic E-state index is 13.0. The van der Waals surface area contributed by atoms with Crippen LogP contribution in [0.3, 0.4) is 0 Å². The Bertz CT molecular complexity index is 458. The third-order valence-electron chi connectivity index (χ3n) is 6.42. The van der Waals surface area contributed by atoms with Crippen LogP contribution in [-0.2, 0) is 9.22 Å². The molecule has 0 aliphatic rings. The number of carbonyl (C=O) groups excluding carboxylic acids is 1. The topological polar surface area (TPSA) is 64.3 Å². The summed E-state index contributed by atoms with van der Waals surface area (Å²) in [4.78, 5) is 13.0. The number of rotatable bonds is 12. The van der Waals surface area contributed by atoms with E-state index in [-0.39, 0.29) is 34.9 Å². The van der Waals surface area contributed by atoms with Gasteiger partial charge < -0.3 is 15.5 Å². The highest BCUT2D eigenvalue weighted by Crippen LogP contribution is 2.39. The van der Waals surface area contributed by atoms with Gasteiger partial charge in [0.15, 0.2) is 8.32 Å². The molecule has 0 saturated heterocycles. The monoisotopic (exact) mass is 414 g/mol. The number of amides is 1. The van der Waals surface area contributed by atoms with Gasteiger partial charge in [0.25, 0.3) is 0 Å². The highest BCUT2D eigenvalue weighted by molar-refractivity contribution is 6.74. The van der Waals surface area contributed by atoms with Gasteiger partial charge in [0.05, 0.1) is 6.10 Å². The maximum Gasteiger partial charge on any atom is 0.223 e. The molecule has 0 fully saturated rings. The molecule has 5 heteroatoms. The van der Waals surface area contributed by atoms with E-state index in [2.05, 4.69) is 80.7 Å². The molecule has 0 spiro atoms. The number of hydrogen-bond acceptors (Lipinski definition) is 3. The zero-order valence-electron chi connectivity index (χ0n) is 20.7. The SMILES string of the molecule is CCC(C)CNC(=O)[C@@H](C[C@H](O[Si](C)(C)C(C)(C)C)[C@@H](N)CC(C)C)C(C)C. The summed E-state index contributed by atoms with van der Waals surface area (Å²) < 4.78 is 6.78. The van der Waals surface area contributed by atoms with Gasteiger partial charge in [-0.3, -0.25) is 4.79 Å². The Hall–Kier alpha value is -0.393. The van der Waals surface area contributed by atoms with E-state index in [9.17, 15) is 4.79 Å². The minimum atomic E-state index is -1.97. The van der Waals surface area contributed by atoms with Crippen molar-refractivity contribution >= 4 is 14.2 Å². The first-order valence-electron chi connectivity index (χ1n) is 11.3. The zero-order valence-corrected chi connectivity index (χ0v) is 21.7. The summed E-state index contributed by atoms with van der Waals surface area (Å²) in [5.74, 6) is 1.35. The highest BCUT2D eigenvalue weighted by atomic mass is 28.4. The summed E-state index contributed by atoms with van der Waals surface area (Å²) in [6.45, 7) is 25.0. The van der Waals surface area contributed by atoms with E-state index in [1.54, 1.807) is 0 Å². The van der Waals surface area contributed by atoms with Crippen LogP contribution in [0.25, 0.3) is 0 Å². The van der Waals surface area contributed by atoms with Crippen molar-refractivity contribution in [2.45, 2.75) is 112 Å². The van der Waals surface area contributed by atoms with Crippen molar-refractivity contribution < 1.29 is 9.22 Å². The second-order valence-electron chi connectivity index (χ2n) is 11.1. The minimum Gasteiger partial charge on any atom is -0.412 e. The Balaban J connectivity index is 5.46. The van der Waals surface area contributed by atoms with E-state index in [0.717, 1.165) is 19.4 Å². The minimum absolute atomic E-state index is 0.0438. The number of hydrogen-bond donors (Lipinski definition) is 2. The average molecular weight is 415 g/mol. The summed E-state index contributed by atoms with van der Waals surface area (Å²) in [6.07, 6.45) is 2.61. The van der Waals surface area contributed by atoms with Crippen LogP contribution in [0.1, 0.15) is 81.6 Å².